The van der Waals surface area contributed by atoms with Crippen molar-refractivity contribution in [2.24, 2.45) is 0 Å². The lowest BCUT2D eigenvalue weighted by atomic mass is 9.85. The molecule has 164 valence electrons. The van der Waals surface area contributed by atoms with Crippen LogP contribution in [0.3, 0.4) is 0 Å². The van der Waals surface area contributed by atoms with E-state index in [1.807, 2.05) is 0 Å². The number of hydrogen-bond acceptors (Lipinski definition) is 6. The number of para-hydroxylation sites is 1. The molecule has 0 bridgehead atoms. The molecule has 0 saturated heterocycles. The fourth-order valence-electron chi connectivity index (χ4n) is 3.96. The molecule has 0 unspecified atom stereocenters. The second-order valence-corrected chi connectivity index (χ2v) is 7.36. The van der Waals surface area contributed by atoms with E-state index >= 15 is 0 Å². The molecule has 4 heterocycles. The summed E-state index contributed by atoms with van der Waals surface area (Å²) >= 11 is 0. The molecule has 0 saturated carbocycles. The van der Waals surface area contributed by atoms with Gasteiger partial charge in [-0.05, 0) is 32.0 Å². The van der Waals surface area contributed by atoms with Crippen LogP contribution >= 0.6 is 0 Å². The standard InChI is InChI=1S/C20H16F3N7O2/c1-10-18-13(12-5-3-4-6-14(12)32-20(21,22)23)9-17(31)24-19(18)30(27-10)16-8-7-15-26-25-11(2)29(15)28-16/h3-8,13H,9H2,1-2H3,(H,24,31)/t13-/m0/s1. The van der Waals surface area contributed by atoms with Crippen LogP contribution in [0.4, 0.5) is 19.0 Å². The van der Waals surface area contributed by atoms with Crippen LogP contribution in [-0.4, -0.2) is 41.9 Å². The average Bonchev–Trinajstić information content (AvgIpc) is 3.26. The Hall–Kier alpha value is -3.96. The summed E-state index contributed by atoms with van der Waals surface area (Å²) in [4.78, 5) is 12.6. The number of rotatable bonds is 3. The quantitative estimate of drug-likeness (QED) is 0.522. The van der Waals surface area contributed by atoms with Gasteiger partial charge in [-0.3, -0.25) is 4.79 Å². The van der Waals surface area contributed by atoms with E-state index in [0.29, 0.717) is 34.4 Å². The third kappa shape index (κ3) is 3.33. The molecule has 1 aromatic carbocycles. The van der Waals surface area contributed by atoms with Crippen molar-refractivity contribution in [2.75, 3.05) is 5.32 Å². The van der Waals surface area contributed by atoms with Crippen LogP contribution in [0.15, 0.2) is 36.4 Å². The van der Waals surface area contributed by atoms with Crippen molar-refractivity contribution in [1.82, 2.24) is 29.6 Å². The van der Waals surface area contributed by atoms with Crippen LogP contribution in [0.1, 0.15) is 35.0 Å². The number of fused-ring (bicyclic) bond motifs is 2. The lowest BCUT2D eigenvalue weighted by Crippen LogP contribution is -2.26. The first-order valence-electron chi connectivity index (χ1n) is 9.65. The normalized spacial score (nSPS) is 16.2. The van der Waals surface area contributed by atoms with Crippen molar-refractivity contribution >= 4 is 17.4 Å². The summed E-state index contributed by atoms with van der Waals surface area (Å²) in [5.41, 5.74) is 1.95. The lowest BCUT2D eigenvalue weighted by Gasteiger charge is -2.26. The zero-order valence-corrected chi connectivity index (χ0v) is 16.9. The van der Waals surface area contributed by atoms with Crippen molar-refractivity contribution in [3.63, 3.8) is 0 Å². The average molecular weight is 443 g/mol. The summed E-state index contributed by atoms with van der Waals surface area (Å²) in [5.74, 6) is -0.0655. The largest absolute Gasteiger partial charge is 0.573 e. The highest BCUT2D eigenvalue weighted by Gasteiger charge is 2.37. The summed E-state index contributed by atoms with van der Waals surface area (Å²) in [7, 11) is 0. The van der Waals surface area contributed by atoms with Crippen molar-refractivity contribution in [3.8, 4) is 11.6 Å². The number of alkyl halides is 3. The number of nitrogens with one attached hydrogen (secondary N) is 1. The van der Waals surface area contributed by atoms with Gasteiger partial charge < -0.3 is 10.1 Å². The van der Waals surface area contributed by atoms with Gasteiger partial charge in [0.1, 0.15) is 11.6 Å². The Bertz CT molecular complexity index is 1360. The van der Waals surface area contributed by atoms with Crippen LogP contribution in [-0.2, 0) is 4.79 Å². The summed E-state index contributed by atoms with van der Waals surface area (Å²) in [6.45, 7) is 3.48. The van der Waals surface area contributed by atoms with Gasteiger partial charge in [0.2, 0.25) is 5.91 Å². The predicted octanol–water partition coefficient (Wildman–Crippen LogP) is 3.30. The second kappa shape index (κ2) is 7.04. The number of benzene rings is 1. The van der Waals surface area contributed by atoms with E-state index in [0.717, 1.165) is 0 Å². The lowest BCUT2D eigenvalue weighted by molar-refractivity contribution is -0.274. The molecule has 1 aliphatic rings. The molecule has 5 rings (SSSR count). The number of carbonyl (C=O) groups is 1. The second-order valence-electron chi connectivity index (χ2n) is 7.36. The molecule has 9 nitrogen and oxygen atoms in total. The van der Waals surface area contributed by atoms with Gasteiger partial charge in [-0.15, -0.1) is 28.5 Å². The fraction of sp³-hybridized carbons (Fsp3) is 0.250. The topological polar surface area (TPSA) is 99.2 Å². The highest BCUT2D eigenvalue weighted by Crippen LogP contribution is 2.43. The third-order valence-corrected chi connectivity index (χ3v) is 5.24. The number of halogens is 3. The van der Waals surface area contributed by atoms with Crippen LogP contribution in [0.25, 0.3) is 11.5 Å². The van der Waals surface area contributed by atoms with E-state index in [1.54, 1.807) is 32.0 Å². The number of anilines is 1. The highest BCUT2D eigenvalue weighted by atomic mass is 19.4. The Morgan fingerprint density at radius 2 is 1.88 bits per heavy atom. The smallest absolute Gasteiger partial charge is 0.405 e. The number of amides is 1. The maximum absolute atomic E-state index is 13.0. The van der Waals surface area contributed by atoms with Gasteiger partial charge in [0.15, 0.2) is 17.3 Å². The first kappa shape index (κ1) is 20.0. The Morgan fingerprint density at radius 3 is 2.66 bits per heavy atom. The van der Waals surface area contributed by atoms with Gasteiger partial charge >= 0.3 is 6.36 Å². The molecule has 3 aromatic heterocycles. The van der Waals surface area contributed by atoms with Crippen molar-refractivity contribution in [3.05, 3.63) is 59.0 Å². The minimum absolute atomic E-state index is 0.0468. The molecule has 1 N–H and O–H groups in total. The predicted molar refractivity (Wildman–Crippen MR) is 106 cm³/mol. The van der Waals surface area contributed by atoms with E-state index in [2.05, 4.69) is 30.4 Å². The molecule has 1 atom stereocenters. The Balaban J connectivity index is 1.65. The Labute approximate surface area is 178 Å². The number of ether oxygens (including phenoxy) is 1. The van der Waals surface area contributed by atoms with E-state index < -0.39 is 12.3 Å². The number of hydrogen-bond donors (Lipinski definition) is 1. The summed E-state index contributed by atoms with van der Waals surface area (Å²) in [6.07, 6.45) is -4.90. The molecular weight excluding hydrogens is 427 g/mol. The maximum atomic E-state index is 13.0. The zero-order chi connectivity index (χ0) is 22.6. The van der Waals surface area contributed by atoms with Gasteiger partial charge in [-0.1, -0.05) is 18.2 Å². The number of carbonyl (C=O) groups excluding carboxylic acids is 1. The highest BCUT2D eigenvalue weighted by molar-refractivity contribution is 5.95. The van der Waals surface area contributed by atoms with E-state index in [4.69, 9.17) is 0 Å². The molecular formula is C20H16F3N7O2. The number of nitrogens with zero attached hydrogens (tertiary/aromatic N) is 6. The van der Waals surface area contributed by atoms with Gasteiger partial charge in [0, 0.05) is 23.5 Å². The molecule has 0 fully saturated rings. The molecule has 4 aromatic rings. The molecule has 1 amide bonds. The third-order valence-electron chi connectivity index (χ3n) is 5.24. The van der Waals surface area contributed by atoms with Gasteiger partial charge in [-0.25, -0.2) is 0 Å². The summed E-state index contributed by atoms with van der Waals surface area (Å²) in [6, 6.07) is 9.20. The van der Waals surface area contributed by atoms with Crippen molar-refractivity contribution < 1.29 is 22.7 Å². The van der Waals surface area contributed by atoms with Crippen molar-refractivity contribution in [1.29, 1.82) is 0 Å². The molecule has 12 heteroatoms. The summed E-state index contributed by atoms with van der Waals surface area (Å²) in [5, 5.41) is 19.8. The minimum Gasteiger partial charge on any atom is -0.405 e. The van der Waals surface area contributed by atoms with Crippen LogP contribution in [0.2, 0.25) is 0 Å². The van der Waals surface area contributed by atoms with Gasteiger partial charge in [0.25, 0.3) is 0 Å². The van der Waals surface area contributed by atoms with Crippen molar-refractivity contribution in [2.45, 2.75) is 32.5 Å². The molecule has 0 aliphatic carbocycles. The zero-order valence-electron chi connectivity index (χ0n) is 16.9. The summed E-state index contributed by atoms with van der Waals surface area (Å²) < 4.78 is 46.1. The van der Waals surface area contributed by atoms with Crippen LogP contribution in [0.5, 0.6) is 5.75 Å². The molecule has 1 aliphatic heterocycles. The first-order valence-corrected chi connectivity index (χ1v) is 9.65. The first-order chi connectivity index (χ1) is 15.2. The van der Waals surface area contributed by atoms with Crippen LogP contribution in [0, 0.1) is 13.8 Å². The van der Waals surface area contributed by atoms with Crippen LogP contribution < -0.4 is 10.1 Å². The number of aryl methyl sites for hydroxylation is 2. The Morgan fingerprint density at radius 1 is 1.09 bits per heavy atom. The molecule has 0 radical (unpaired) electrons. The fourth-order valence-corrected chi connectivity index (χ4v) is 3.96. The minimum atomic E-state index is -4.86. The maximum Gasteiger partial charge on any atom is 0.573 e. The molecule has 32 heavy (non-hydrogen) atoms. The Kier molecular flexibility index (Phi) is 4.39. The van der Waals surface area contributed by atoms with E-state index in [9.17, 15) is 18.0 Å². The van der Waals surface area contributed by atoms with Gasteiger partial charge in [0.05, 0.1) is 5.69 Å². The SMILES string of the molecule is Cc1nn(-c2ccc3nnc(C)n3n2)c2c1[C@H](c1ccccc1OC(F)(F)F)CC(=O)N2. The molecule has 0 spiro atoms. The van der Waals surface area contributed by atoms with E-state index in [1.165, 1.54) is 27.4 Å². The number of aromatic nitrogens is 6. The van der Waals surface area contributed by atoms with Gasteiger partial charge in [-0.2, -0.15) is 14.3 Å². The monoisotopic (exact) mass is 443 g/mol. The van der Waals surface area contributed by atoms with E-state index in [-0.39, 0.29) is 23.6 Å².